The minimum atomic E-state index is -1.17. The molecule has 0 aliphatic rings. The molecule has 1 rings (SSSR count). The topological polar surface area (TPSA) is 40.1 Å². The molecule has 0 bridgehead atoms. The van der Waals surface area contributed by atoms with Crippen molar-refractivity contribution in [2.45, 2.75) is 5.25 Å². The van der Waals surface area contributed by atoms with Crippen molar-refractivity contribution in [2.24, 2.45) is 0 Å². The molecule has 1 aromatic carbocycles. The van der Waals surface area contributed by atoms with Gasteiger partial charge in [0.05, 0.1) is 11.2 Å². The second-order valence-corrected chi connectivity index (χ2v) is 2.65. The lowest BCUT2D eigenvalue weighted by molar-refractivity contribution is -0.305. The maximum Gasteiger partial charge on any atom is 0.0662 e. The van der Waals surface area contributed by atoms with Gasteiger partial charge >= 0.3 is 0 Å². The predicted octanol–water partition coefficient (Wildman–Crippen LogP) is 0.407. The Morgan fingerprint density at radius 3 is 2.36 bits per heavy atom. The Labute approximate surface area is 70.3 Å². The highest BCUT2D eigenvalue weighted by atomic mass is 32.1. The van der Waals surface area contributed by atoms with Gasteiger partial charge in [-0.3, -0.25) is 0 Å². The van der Waals surface area contributed by atoms with Gasteiger partial charge in [0, 0.05) is 0 Å². The van der Waals surface area contributed by atoms with Crippen LogP contribution in [0.5, 0.6) is 0 Å². The van der Waals surface area contributed by atoms with Crippen molar-refractivity contribution in [3.8, 4) is 0 Å². The van der Waals surface area contributed by atoms with E-state index in [1.165, 1.54) is 0 Å². The molecule has 1 aromatic rings. The van der Waals surface area contributed by atoms with Gasteiger partial charge in [0.25, 0.3) is 0 Å². The number of rotatable bonds is 2. The monoisotopic (exact) mass is 167 g/mol. The molecule has 2 nitrogen and oxygen atoms in total. The van der Waals surface area contributed by atoms with Crippen LogP contribution < -0.4 is 5.11 Å². The quantitative estimate of drug-likeness (QED) is 0.648. The van der Waals surface area contributed by atoms with Gasteiger partial charge in [0.15, 0.2) is 0 Å². The van der Waals surface area contributed by atoms with Crippen molar-refractivity contribution in [3.05, 3.63) is 35.9 Å². The van der Waals surface area contributed by atoms with E-state index in [-0.39, 0.29) is 0 Å². The number of carbonyl (C=O) groups is 1. The van der Waals surface area contributed by atoms with E-state index in [4.69, 9.17) is 0 Å². The van der Waals surface area contributed by atoms with E-state index in [1.807, 2.05) is 6.07 Å². The second-order valence-electron chi connectivity index (χ2n) is 2.13. The molecule has 3 heteroatoms. The minimum absolute atomic E-state index is 0.649. The van der Waals surface area contributed by atoms with Crippen LogP contribution in [-0.2, 0) is 4.79 Å². The van der Waals surface area contributed by atoms with Gasteiger partial charge < -0.3 is 9.90 Å². The van der Waals surface area contributed by atoms with Gasteiger partial charge in [-0.1, -0.05) is 30.3 Å². The third-order valence-corrected chi connectivity index (χ3v) is 1.85. The summed E-state index contributed by atoms with van der Waals surface area (Å²) in [5.41, 5.74) is 0.649. The van der Waals surface area contributed by atoms with Crippen molar-refractivity contribution in [3.63, 3.8) is 0 Å². The number of carboxylic acids is 1. The first-order valence-electron chi connectivity index (χ1n) is 3.15. The first kappa shape index (κ1) is 8.14. The SMILES string of the molecule is O=C([O-])[C@@H](S)c1ccccc1. The fourth-order valence-corrected chi connectivity index (χ4v) is 0.944. The lowest BCUT2D eigenvalue weighted by Crippen LogP contribution is -2.26. The van der Waals surface area contributed by atoms with E-state index >= 15 is 0 Å². The van der Waals surface area contributed by atoms with Crippen molar-refractivity contribution < 1.29 is 9.90 Å². The van der Waals surface area contributed by atoms with E-state index in [0.717, 1.165) is 0 Å². The summed E-state index contributed by atoms with van der Waals surface area (Å²) in [6.45, 7) is 0. The van der Waals surface area contributed by atoms with E-state index in [0.29, 0.717) is 5.56 Å². The minimum Gasteiger partial charge on any atom is -0.549 e. The van der Waals surface area contributed by atoms with Gasteiger partial charge in [-0.2, -0.15) is 12.6 Å². The molecule has 0 spiro atoms. The zero-order valence-corrected chi connectivity index (χ0v) is 6.62. The molecule has 0 saturated carbocycles. The molecule has 1 atom stereocenters. The first-order valence-corrected chi connectivity index (χ1v) is 3.67. The Morgan fingerprint density at radius 2 is 1.91 bits per heavy atom. The summed E-state index contributed by atoms with van der Waals surface area (Å²) in [6, 6.07) is 8.75. The predicted molar refractivity (Wildman–Crippen MR) is 43.2 cm³/mol. The molecule has 0 amide bonds. The van der Waals surface area contributed by atoms with Gasteiger partial charge in [0.2, 0.25) is 0 Å². The summed E-state index contributed by atoms with van der Waals surface area (Å²) in [5.74, 6) is -1.17. The van der Waals surface area contributed by atoms with Crippen molar-refractivity contribution >= 4 is 18.6 Å². The lowest BCUT2D eigenvalue weighted by atomic mass is 10.1. The highest BCUT2D eigenvalue weighted by Crippen LogP contribution is 2.17. The van der Waals surface area contributed by atoms with Gasteiger partial charge in [-0.15, -0.1) is 0 Å². The molecular weight excluding hydrogens is 160 g/mol. The number of benzene rings is 1. The van der Waals surface area contributed by atoms with E-state index in [2.05, 4.69) is 12.6 Å². The lowest BCUT2D eigenvalue weighted by Gasteiger charge is -2.10. The average Bonchev–Trinajstić information content (AvgIpc) is 2.05. The number of hydrogen-bond acceptors (Lipinski definition) is 3. The van der Waals surface area contributed by atoms with Crippen LogP contribution in [0.25, 0.3) is 0 Å². The molecule has 58 valence electrons. The van der Waals surface area contributed by atoms with E-state index in [1.54, 1.807) is 24.3 Å². The molecule has 0 saturated heterocycles. The highest BCUT2D eigenvalue weighted by molar-refractivity contribution is 7.81. The molecule has 11 heavy (non-hydrogen) atoms. The first-order chi connectivity index (χ1) is 5.22. The van der Waals surface area contributed by atoms with Crippen LogP contribution in [0, 0.1) is 0 Å². The maximum absolute atomic E-state index is 10.3. The number of aliphatic carboxylic acids is 1. The zero-order valence-electron chi connectivity index (χ0n) is 5.73. The van der Waals surface area contributed by atoms with E-state index in [9.17, 15) is 9.90 Å². The Bertz CT molecular complexity index is 246. The number of thiol groups is 1. The molecule has 0 heterocycles. The van der Waals surface area contributed by atoms with Crippen LogP contribution in [0.4, 0.5) is 0 Å². The summed E-state index contributed by atoms with van der Waals surface area (Å²) in [7, 11) is 0. The molecule has 0 radical (unpaired) electrons. The Kier molecular flexibility index (Phi) is 2.54. The third kappa shape index (κ3) is 1.98. The fraction of sp³-hybridized carbons (Fsp3) is 0.125. The normalized spacial score (nSPS) is 12.5. The van der Waals surface area contributed by atoms with Crippen LogP contribution in [0.15, 0.2) is 30.3 Å². The van der Waals surface area contributed by atoms with Crippen molar-refractivity contribution in [1.82, 2.24) is 0 Å². The van der Waals surface area contributed by atoms with Crippen molar-refractivity contribution in [1.29, 1.82) is 0 Å². The molecule has 0 unspecified atom stereocenters. The van der Waals surface area contributed by atoms with Gasteiger partial charge in [-0.25, -0.2) is 0 Å². The number of hydrogen-bond donors (Lipinski definition) is 1. The summed E-state index contributed by atoms with van der Waals surface area (Å²) in [4.78, 5) is 10.3. The Morgan fingerprint density at radius 1 is 1.36 bits per heavy atom. The van der Waals surface area contributed by atoms with Crippen LogP contribution >= 0.6 is 12.6 Å². The second kappa shape index (κ2) is 3.44. The molecule has 0 fully saturated rings. The van der Waals surface area contributed by atoms with E-state index < -0.39 is 11.2 Å². The summed E-state index contributed by atoms with van der Waals surface area (Å²) in [6.07, 6.45) is 0. The smallest absolute Gasteiger partial charge is 0.0662 e. The number of carbonyl (C=O) groups excluding carboxylic acids is 1. The van der Waals surface area contributed by atoms with Crippen LogP contribution in [0.2, 0.25) is 0 Å². The highest BCUT2D eigenvalue weighted by Gasteiger charge is 2.04. The Hall–Kier alpha value is -0.960. The summed E-state index contributed by atoms with van der Waals surface area (Å²) in [5, 5.41) is 9.49. The maximum atomic E-state index is 10.3. The number of carboxylic acid groups (broad SMARTS) is 1. The average molecular weight is 167 g/mol. The third-order valence-electron chi connectivity index (χ3n) is 1.34. The standard InChI is InChI=1S/C8H8O2S/c9-8(10)7(11)6-4-2-1-3-5-6/h1-5,7,11H,(H,9,10)/p-1/t7-/m0/s1. The Balaban J connectivity index is 2.85. The molecule has 0 aliphatic carbocycles. The summed E-state index contributed by atoms with van der Waals surface area (Å²) >= 11 is 3.85. The zero-order chi connectivity index (χ0) is 8.27. The largest absolute Gasteiger partial charge is 0.549 e. The van der Waals surface area contributed by atoms with Gasteiger partial charge in [-0.05, 0) is 5.56 Å². The molecule has 0 aliphatic heterocycles. The van der Waals surface area contributed by atoms with Crippen LogP contribution in [0.3, 0.4) is 0 Å². The molecule has 0 N–H and O–H groups in total. The fourth-order valence-electron chi connectivity index (χ4n) is 0.771. The molecule has 0 aromatic heterocycles. The van der Waals surface area contributed by atoms with Crippen LogP contribution in [-0.4, -0.2) is 5.97 Å². The molecular formula is C8H7O2S-. The summed E-state index contributed by atoms with van der Waals surface area (Å²) < 4.78 is 0. The van der Waals surface area contributed by atoms with Crippen molar-refractivity contribution in [2.75, 3.05) is 0 Å². The van der Waals surface area contributed by atoms with Crippen LogP contribution in [0.1, 0.15) is 10.8 Å². The van der Waals surface area contributed by atoms with Gasteiger partial charge in [0.1, 0.15) is 0 Å².